The van der Waals surface area contributed by atoms with E-state index < -0.39 is 19.1 Å². The highest BCUT2D eigenvalue weighted by atomic mass is 19.4. The lowest BCUT2D eigenvalue weighted by Gasteiger charge is -2.19. The van der Waals surface area contributed by atoms with Crippen LogP contribution in [0.25, 0.3) is 0 Å². The molecule has 5 nitrogen and oxygen atoms in total. The molecule has 0 aliphatic heterocycles. The molecule has 1 aromatic rings. The van der Waals surface area contributed by atoms with Crippen molar-refractivity contribution >= 4 is 0 Å². The summed E-state index contributed by atoms with van der Waals surface area (Å²) in [6, 6.07) is 2.93. The smallest absolute Gasteiger partial charge is 0.422 e. The van der Waals surface area contributed by atoms with E-state index in [4.69, 9.17) is 23.7 Å². The topological polar surface area (TPSA) is 46.2 Å². The van der Waals surface area contributed by atoms with Gasteiger partial charge in [0.2, 0.25) is 5.75 Å². The molecular weight excluding hydrogens is 293 g/mol. The van der Waals surface area contributed by atoms with Crippen molar-refractivity contribution in [2.75, 3.05) is 35.0 Å². The maximum Gasteiger partial charge on any atom is 0.422 e. The number of methoxy groups -OCH3 is 4. The number of halogens is 3. The third-order valence-electron chi connectivity index (χ3n) is 2.56. The first kappa shape index (κ1) is 17.4. The molecule has 0 aliphatic rings. The van der Waals surface area contributed by atoms with Crippen LogP contribution in [0.2, 0.25) is 0 Å². The summed E-state index contributed by atoms with van der Waals surface area (Å²) in [5, 5.41) is 0. The fraction of sp³-hybridized carbons (Fsp3) is 0.538. The molecular formula is C13H17F3O5. The molecule has 0 radical (unpaired) electrons. The van der Waals surface area contributed by atoms with Gasteiger partial charge >= 0.3 is 6.18 Å². The van der Waals surface area contributed by atoms with Gasteiger partial charge in [-0.2, -0.15) is 13.2 Å². The van der Waals surface area contributed by atoms with E-state index in [-0.39, 0.29) is 17.2 Å². The fourth-order valence-corrected chi connectivity index (χ4v) is 1.70. The van der Waals surface area contributed by atoms with Gasteiger partial charge in [-0.1, -0.05) is 0 Å². The molecule has 0 saturated heterocycles. The van der Waals surface area contributed by atoms with Gasteiger partial charge in [-0.25, -0.2) is 0 Å². The average Bonchev–Trinajstić information content (AvgIpc) is 2.45. The van der Waals surface area contributed by atoms with Crippen LogP contribution in [0, 0.1) is 0 Å². The lowest BCUT2D eigenvalue weighted by molar-refractivity contribution is -0.153. The average molecular weight is 310 g/mol. The van der Waals surface area contributed by atoms with Crippen molar-refractivity contribution in [3.63, 3.8) is 0 Å². The van der Waals surface area contributed by atoms with E-state index in [1.165, 1.54) is 40.6 Å². The van der Waals surface area contributed by atoms with E-state index in [1.807, 2.05) is 0 Å². The van der Waals surface area contributed by atoms with E-state index in [2.05, 4.69) is 0 Å². The maximum atomic E-state index is 12.3. The summed E-state index contributed by atoms with van der Waals surface area (Å²) >= 11 is 0. The third-order valence-corrected chi connectivity index (χ3v) is 2.56. The van der Waals surface area contributed by atoms with E-state index in [9.17, 15) is 13.2 Å². The Labute approximate surface area is 120 Å². The largest absolute Gasteiger partial charge is 0.493 e. The van der Waals surface area contributed by atoms with Crippen molar-refractivity contribution in [3.8, 4) is 17.2 Å². The number of alkyl halides is 3. The van der Waals surface area contributed by atoms with E-state index in [0.29, 0.717) is 5.56 Å². The van der Waals surface area contributed by atoms with E-state index in [1.54, 1.807) is 0 Å². The molecule has 0 aliphatic carbocycles. The SMILES string of the molecule is COc1cc(C(OC)OC)cc(OC)c1OCC(F)(F)F. The Balaban J connectivity index is 3.18. The molecule has 0 heterocycles. The first-order chi connectivity index (χ1) is 9.86. The number of rotatable bonds is 7. The molecule has 0 aromatic heterocycles. The molecule has 1 rings (SSSR count). The van der Waals surface area contributed by atoms with Gasteiger partial charge in [0.05, 0.1) is 14.2 Å². The zero-order chi connectivity index (χ0) is 16.0. The molecule has 0 amide bonds. The Morgan fingerprint density at radius 1 is 0.952 bits per heavy atom. The third kappa shape index (κ3) is 4.68. The van der Waals surface area contributed by atoms with Crippen LogP contribution in [0.15, 0.2) is 12.1 Å². The van der Waals surface area contributed by atoms with E-state index in [0.717, 1.165) is 0 Å². The van der Waals surface area contributed by atoms with E-state index >= 15 is 0 Å². The second-order valence-corrected chi connectivity index (χ2v) is 3.96. The lowest BCUT2D eigenvalue weighted by Crippen LogP contribution is -2.20. The Hall–Kier alpha value is -1.67. The highest BCUT2D eigenvalue weighted by Gasteiger charge is 2.30. The standard InChI is InChI=1S/C13H17F3O5/c1-17-9-5-8(12(19-3)20-4)6-10(18-2)11(9)21-7-13(14,15)16/h5-6,12H,7H2,1-4H3. The number of ether oxygens (including phenoxy) is 5. The Morgan fingerprint density at radius 2 is 1.43 bits per heavy atom. The fourth-order valence-electron chi connectivity index (χ4n) is 1.70. The van der Waals surface area contributed by atoms with Crippen molar-refractivity contribution in [1.29, 1.82) is 0 Å². The molecule has 0 bridgehead atoms. The molecule has 8 heteroatoms. The number of hydrogen-bond acceptors (Lipinski definition) is 5. The molecule has 0 N–H and O–H groups in total. The van der Waals surface area contributed by atoms with Crippen molar-refractivity contribution in [2.24, 2.45) is 0 Å². The predicted octanol–water partition coefficient (Wildman–Crippen LogP) is 2.94. The maximum absolute atomic E-state index is 12.3. The first-order valence-electron chi connectivity index (χ1n) is 5.87. The van der Waals surface area contributed by atoms with Crippen LogP contribution in [0.1, 0.15) is 11.9 Å². The Bertz CT molecular complexity index is 433. The van der Waals surface area contributed by atoms with Crippen molar-refractivity contribution in [3.05, 3.63) is 17.7 Å². The molecule has 21 heavy (non-hydrogen) atoms. The monoisotopic (exact) mass is 310 g/mol. The van der Waals surface area contributed by atoms with Gasteiger partial charge in [-0.3, -0.25) is 0 Å². The Kier molecular flexibility index (Phi) is 6.10. The molecule has 1 aromatic carbocycles. The summed E-state index contributed by atoms with van der Waals surface area (Å²) in [6.45, 7) is -1.45. The van der Waals surface area contributed by atoms with Crippen LogP contribution < -0.4 is 14.2 Å². The molecule has 0 atom stereocenters. The van der Waals surface area contributed by atoms with Crippen LogP contribution in [-0.4, -0.2) is 41.2 Å². The summed E-state index contributed by atoms with van der Waals surface area (Å²) in [6.07, 6.45) is -5.17. The quantitative estimate of drug-likeness (QED) is 0.725. The summed E-state index contributed by atoms with van der Waals surface area (Å²) in [4.78, 5) is 0. The minimum absolute atomic E-state index is 0.0905. The molecule has 0 fully saturated rings. The Morgan fingerprint density at radius 3 is 1.76 bits per heavy atom. The zero-order valence-electron chi connectivity index (χ0n) is 12.1. The second-order valence-electron chi connectivity index (χ2n) is 3.96. The van der Waals surface area contributed by atoms with Gasteiger partial charge in [0.1, 0.15) is 0 Å². The van der Waals surface area contributed by atoms with Crippen LogP contribution in [0.4, 0.5) is 13.2 Å². The molecule has 120 valence electrons. The second kappa shape index (κ2) is 7.37. The summed E-state index contributed by atoms with van der Waals surface area (Å²) in [7, 11) is 5.49. The first-order valence-corrected chi connectivity index (χ1v) is 5.87. The minimum Gasteiger partial charge on any atom is -0.493 e. The van der Waals surface area contributed by atoms with Gasteiger partial charge in [-0.05, 0) is 12.1 Å². The highest BCUT2D eigenvalue weighted by molar-refractivity contribution is 5.54. The highest BCUT2D eigenvalue weighted by Crippen LogP contribution is 2.41. The van der Waals surface area contributed by atoms with Crippen molar-refractivity contribution in [1.82, 2.24) is 0 Å². The molecule has 0 saturated carbocycles. The van der Waals surface area contributed by atoms with Gasteiger partial charge in [-0.15, -0.1) is 0 Å². The van der Waals surface area contributed by atoms with Crippen LogP contribution in [-0.2, 0) is 9.47 Å². The van der Waals surface area contributed by atoms with Gasteiger partial charge < -0.3 is 23.7 Å². The van der Waals surface area contributed by atoms with Crippen LogP contribution in [0.3, 0.4) is 0 Å². The molecule has 0 unspecified atom stereocenters. The normalized spacial score (nSPS) is 11.6. The van der Waals surface area contributed by atoms with Crippen LogP contribution >= 0.6 is 0 Å². The van der Waals surface area contributed by atoms with Gasteiger partial charge in [0.15, 0.2) is 24.4 Å². The number of hydrogen-bond donors (Lipinski definition) is 0. The zero-order valence-corrected chi connectivity index (χ0v) is 12.1. The summed E-state index contributed by atoms with van der Waals surface area (Å²) in [5.41, 5.74) is 0.521. The van der Waals surface area contributed by atoms with Gasteiger partial charge in [0, 0.05) is 19.8 Å². The van der Waals surface area contributed by atoms with Gasteiger partial charge in [0.25, 0.3) is 0 Å². The van der Waals surface area contributed by atoms with Crippen molar-refractivity contribution < 1.29 is 36.9 Å². The summed E-state index contributed by atoms with van der Waals surface area (Å²) in [5.74, 6) is 0.0485. The lowest BCUT2D eigenvalue weighted by atomic mass is 10.1. The number of benzene rings is 1. The minimum atomic E-state index is -4.46. The molecule has 0 spiro atoms. The van der Waals surface area contributed by atoms with Crippen LogP contribution in [0.5, 0.6) is 17.2 Å². The van der Waals surface area contributed by atoms with Crippen molar-refractivity contribution in [2.45, 2.75) is 12.5 Å². The predicted molar refractivity (Wildman–Crippen MR) is 67.9 cm³/mol. The summed E-state index contributed by atoms with van der Waals surface area (Å²) < 4.78 is 61.9.